The Morgan fingerprint density at radius 2 is 2.00 bits per heavy atom. The Morgan fingerprint density at radius 1 is 1.22 bits per heavy atom. The smallest absolute Gasteiger partial charge is 0.170 e. The van der Waals surface area contributed by atoms with Crippen molar-refractivity contribution in [3.63, 3.8) is 0 Å². The van der Waals surface area contributed by atoms with Gasteiger partial charge < -0.3 is 9.80 Å². The Bertz CT molecular complexity index is 380. The normalized spacial score (nSPS) is 17.8. The quantitative estimate of drug-likeness (QED) is 0.767. The summed E-state index contributed by atoms with van der Waals surface area (Å²) in [6.07, 6.45) is 7.98. The summed E-state index contributed by atoms with van der Waals surface area (Å²) in [5.41, 5.74) is 1.04. The topological polar surface area (TPSA) is 32.3 Å². The maximum Gasteiger partial charge on any atom is 0.170 e. The fourth-order valence-corrected chi connectivity index (χ4v) is 2.61. The lowest BCUT2D eigenvalue weighted by molar-refractivity contribution is 0.312. The first-order valence-electron chi connectivity index (χ1n) is 6.74. The molecule has 2 heterocycles. The van der Waals surface area contributed by atoms with Gasteiger partial charge in [0, 0.05) is 26.2 Å². The number of anilines is 1. The van der Waals surface area contributed by atoms with Crippen molar-refractivity contribution in [2.45, 2.75) is 26.2 Å². The molecule has 100 valence electrons. The lowest BCUT2D eigenvalue weighted by atomic mass is 10.2. The highest BCUT2D eigenvalue weighted by Crippen LogP contribution is 2.21. The fraction of sp³-hybridized carbons (Fsp3) is 0.692. The van der Waals surface area contributed by atoms with Crippen LogP contribution in [-0.4, -0.2) is 46.9 Å². The number of hydrogen-bond donors (Lipinski definition) is 0. The first-order chi connectivity index (χ1) is 8.81. The fourth-order valence-electron chi connectivity index (χ4n) is 2.05. The summed E-state index contributed by atoms with van der Waals surface area (Å²) in [6.45, 7) is 6.54. The van der Waals surface area contributed by atoms with Crippen LogP contribution in [0.25, 0.3) is 6.08 Å². The van der Waals surface area contributed by atoms with E-state index in [1.165, 1.54) is 24.6 Å². The molecule has 1 aromatic heterocycles. The summed E-state index contributed by atoms with van der Waals surface area (Å²) in [5.74, 6) is 1.07. The second-order valence-electron chi connectivity index (χ2n) is 4.81. The van der Waals surface area contributed by atoms with Crippen LogP contribution in [0.15, 0.2) is 6.08 Å². The lowest BCUT2D eigenvalue weighted by Gasteiger charge is -2.32. The van der Waals surface area contributed by atoms with Gasteiger partial charge >= 0.3 is 0 Å². The Labute approximate surface area is 114 Å². The number of likely N-dealkylation sites (N-methyl/N-ethyl adjacent to an activating group) is 1. The van der Waals surface area contributed by atoms with Gasteiger partial charge in [-0.15, -0.1) is 0 Å². The Kier molecular flexibility index (Phi) is 5.13. The third kappa shape index (κ3) is 3.53. The third-order valence-corrected chi connectivity index (χ3v) is 3.83. The van der Waals surface area contributed by atoms with Crippen molar-refractivity contribution in [3.05, 3.63) is 11.8 Å². The van der Waals surface area contributed by atoms with E-state index in [4.69, 9.17) is 0 Å². The number of rotatable bonds is 5. The molecule has 0 bridgehead atoms. The lowest BCUT2D eigenvalue weighted by Crippen LogP contribution is -2.44. The van der Waals surface area contributed by atoms with E-state index in [1.807, 2.05) is 0 Å². The second kappa shape index (κ2) is 6.85. The van der Waals surface area contributed by atoms with Gasteiger partial charge in [-0.05, 0) is 19.5 Å². The van der Waals surface area contributed by atoms with Crippen LogP contribution in [0.2, 0.25) is 0 Å². The van der Waals surface area contributed by atoms with E-state index in [-0.39, 0.29) is 0 Å². The zero-order valence-corrected chi connectivity index (χ0v) is 12.1. The first kappa shape index (κ1) is 13.5. The molecule has 1 aliphatic heterocycles. The average Bonchev–Trinajstić information content (AvgIpc) is 2.84. The standard InChI is InChI=1S/C13H22N4S/c1-3-4-5-6-7-12-13(15-18-14-12)17-10-8-16(2)9-11-17/h6-7H,3-5,8-11H2,1-2H3. The number of piperazine rings is 1. The number of aromatic nitrogens is 2. The van der Waals surface area contributed by atoms with Gasteiger partial charge in [0.1, 0.15) is 5.69 Å². The number of unbranched alkanes of at least 4 members (excludes halogenated alkanes) is 2. The van der Waals surface area contributed by atoms with Crippen LogP contribution in [0, 0.1) is 0 Å². The van der Waals surface area contributed by atoms with Gasteiger partial charge in [0.25, 0.3) is 0 Å². The van der Waals surface area contributed by atoms with E-state index >= 15 is 0 Å². The number of nitrogens with zero attached hydrogens (tertiary/aromatic N) is 4. The molecule has 0 N–H and O–H groups in total. The maximum absolute atomic E-state index is 4.45. The largest absolute Gasteiger partial charge is 0.351 e. The minimum atomic E-state index is 1.04. The van der Waals surface area contributed by atoms with Crippen molar-refractivity contribution in [2.24, 2.45) is 0 Å². The van der Waals surface area contributed by atoms with E-state index in [2.05, 4.69) is 44.7 Å². The Hall–Kier alpha value is -0.940. The van der Waals surface area contributed by atoms with Gasteiger partial charge in [0.15, 0.2) is 5.82 Å². The summed E-state index contributed by atoms with van der Waals surface area (Å²) >= 11 is 1.32. The zero-order chi connectivity index (χ0) is 12.8. The van der Waals surface area contributed by atoms with Crippen LogP contribution >= 0.6 is 11.7 Å². The highest BCUT2D eigenvalue weighted by atomic mass is 32.1. The van der Waals surface area contributed by atoms with Crippen LogP contribution < -0.4 is 4.90 Å². The molecule has 0 spiro atoms. The monoisotopic (exact) mass is 266 g/mol. The van der Waals surface area contributed by atoms with Crippen molar-refractivity contribution in [3.8, 4) is 0 Å². The van der Waals surface area contributed by atoms with E-state index in [0.29, 0.717) is 0 Å². The van der Waals surface area contributed by atoms with Crippen molar-refractivity contribution in [2.75, 3.05) is 38.1 Å². The molecule has 1 aromatic rings. The Balaban J connectivity index is 1.96. The highest BCUT2D eigenvalue weighted by Gasteiger charge is 2.18. The maximum atomic E-state index is 4.45. The second-order valence-corrected chi connectivity index (χ2v) is 5.34. The molecular formula is C13H22N4S. The molecule has 18 heavy (non-hydrogen) atoms. The van der Waals surface area contributed by atoms with Gasteiger partial charge in [-0.2, -0.15) is 8.75 Å². The predicted octanol–water partition coefficient (Wildman–Crippen LogP) is 2.49. The molecular weight excluding hydrogens is 244 g/mol. The molecule has 1 saturated heterocycles. The molecule has 0 amide bonds. The van der Waals surface area contributed by atoms with E-state index < -0.39 is 0 Å². The molecule has 5 heteroatoms. The van der Waals surface area contributed by atoms with Crippen LogP contribution in [0.5, 0.6) is 0 Å². The zero-order valence-electron chi connectivity index (χ0n) is 11.3. The third-order valence-electron chi connectivity index (χ3n) is 3.30. The summed E-state index contributed by atoms with van der Waals surface area (Å²) in [5, 5.41) is 0. The minimum absolute atomic E-state index is 1.04. The van der Waals surface area contributed by atoms with Gasteiger partial charge in [-0.1, -0.05) is 25.8 Å². The molecule has 0 unspecified atom stereocenters. The molecule has 1 fully saturated rings. The van der Waals surface area contributed by atoms with E-state index in [1.54, 1.807) is 0 Å². The summed E-state index contributed by atoms with van der Waals surface area (Å²) < 4.78 is 8.85. The number of allylic oxidation sites excluding steroid dienone is 1. The van der Waals surface area contributed by atoms with Crippen molar-refractivity contribution >= 4 is 23.6 Å². The average molecular weight is 266 g/mol. The molecule has 1 aliphatic rings. The van der Waals surface area contributed by atoms with Crippen LogP contribution in [0.4, 0.5) is 5.82 Å². The van der Waals surface area contributed by atoms with E-state index in [9.17, 15) is 0 Å². The molecule has 4 nitrogen and oxygen atoms in total. The Morgan fingerprint density at radius 3 is 2.72 bits per heavy atom. The van der Waals surface area contributed by atoms with Crippen molar-refractivity contribution in [1.82, 2.24) is 13.6 Å². The first-order valence-corrected chi connectivity index (χ1v) is 7.47. The SMILES string of the molecule is CCCCC=Cc1nsnc1N1CCN(C)CC1. The molecule has 0 atom stereocenters. The number of hydrogen-bond acceptors (Lipinski definition) is 5. The molecule has 2 rings (SSSR count). The van der Waals surface area contributed by atoms with Crippen LogP contribution in [-0.2, 0) is 0 Å². The summed E-state index contributed by atoms with van der Waals surface area (Å²) in [4.78, 5) is 4.70. The van der Waals surface area contributed by atoms with Gasteiger partial charge in [0.05, 0.1) is 11.7 Å². The van der Waals surface area contributed by atoms with Crippen LogP contribution in [0.3, 0.4) is 0 Å². The predicted molar refractivity (Wildman–Crippen MR) is 78.2 cm³/mol. The molecule has 0 radical (unpaired) electrons. The van der Waals surface area contributed by atoms with Crippen LogP contribution in [0.1, 0.15) is 31.9 Å². The minimum Gasteiger partial charge on any atom is -0.351 e. The summed E-state index contributed by atoms with van der Waals surface area (Å²) in [7, 11) is 2.17. The highest BCUT2D eigenvalue weighted by molar-refractivity contribution is 6.99. The van der Waals surface area contributed by atoms with Gasteiger partial charge in [-0.3, -0.25) is 0 Å². The van der Waals surface area contributed by atoms with Crippen molar-refractivity contribution in [1.29, 1.82) is 0 Å². The van der Waals surface area contributed by atoms with Crippen molar-refractivity contribution < 1.29 is 0 Å². The summed E-state index contributed by atoms with van der Waals surface area (Å²) in [6, 6.07) is 0. The van der Waals surface area contributed by atoms with E-state index in [0.717, 1.165) is 44.1 Å². The molecule has 0 saturated carbocycles. The molecule has 0 aliphatic carbocycles. The van der Waals surface area contributed by atoms with Gasteiger partial charge in [-0.25, -0.2) is 0 Å². The van der Waals surface area contributed by atoms with Gasteiger partial charge in [0.2, 0.25) is 0 Å². The molecule has 0 aromatic carbocycles.